The molecular weight excluding hydrogens is 174 g/mol. The normalized spacial score (nSPS) is 20.9. The van der Waals surface area contributed by atoms with E-state index in [0.717, 1.165) is 0 Å². The Morgan fingerprint density at radius 1 is 1.43 bits per heavy atom. The van der Waals surface area contributed by atoms with Crippen LogP contribution in [0.15, 0.2) is 0 Å². The molecule has 1 N–H and O–H groups in total. The second-order valence-corrected chi connectivity index (χ2v) is 4.67. The second kappa shape index (κ2) is 3.39. The first-order chi connectivity index (χ1) is 6.61. The Balaban J connectivity index is 2.34. The third-order valence-electron chi connectivity index (χ3n) is 3.10. The lowest BCUT2D eigenvalue weighted by Gasteiger charge is -2.17. The van der Waals surface area contributed by atoms with Gasteiger partial charge in [-0.05, 0) is 38.4 Å². The topological polar surface area (TPSA) is 31.9 Å². The highest BCUT2D eigenvalue weighted by Gasteiger charge is 2.29. The van der Waals surface area contributed by atoms with Gasteiger partial charge in [-0.1, -0.05) is 13.8 Å². The maximum absolute atomic E-state index is 4.42. The molecule has 1 unspecified atom stereocenters. The van der Waals surface area contributed by atoms with Crippen molar-refractivity contribution in [2.45, 2.75) is 38.6 Å². The minimum absolute atomic E-state index is 0.538. The molecule has 2 rings (SSSR count). The first-order valence-electron chi connectivity index (χ1n) is 5.34. The van der Waals surface area contributed by atoms with Crippen molar-refractivity contribution in [3.05, 3.63) is 17.0 Å². The monoisotopic (exact) mass is 193 g/mol. The van der Waals surface area contributed by atoms with Gasteiger partial charge in [0.25, 0.3) is 0 Å². The van der Waals surface area contributed by atoms with Crippen LogP contribution in [0.2, 0.25) is 0 Å². The first-order valence-corrected chi connectivity index (χ1v) is 5.34. The summed E-state index contributed by atoms with van der Waals surface area (Å²) in [5.41, 5.74) is 4.08. The highest BCUT2D eigenvalue weighted by molar-refractivity contribution is 5.34. The smallest absolute Gasteiger partial charge is 0.0682 e. The molecule has 1 aromatic heterocycles. The van der Waals surface area contributed by atoms with Gasteiger partial charge in [-0.25, -0.2) is 0 Å². The zero-order chi connectivity index (χ0) is 10.3. The number of aromatic amines is 1. The van der Waals surface area contributed by atoms with Gasteiger partial charge < -0.3 is 4.90 Å². The summed E-state index contributed by atoms with van der Waals surface area (Å²) in [4.78, 5) is 2.27. The Hall–Kier alpha value is -0.830. The molecule has 3 heteroatoms. The molecule has 0 radical (unpaired) electrons. The highest BCUT2D eigenvalue weighted by Crippen LogP contribution is 2.36. The zero-order valence-electron chi connectivity index (χ0n) is 9.46. The molecule has 1 atom stereocenters. The van der Waals surface area contributed by atoms with Crippen LogP contribution in [0.25, 0.3) is 0 Å². The zero-order valence-corrected chi connectivity index (χ0v) is 9.46. The number of fused-ring (bicyclic) bond motifs is 1. The molecule has 14 heavy (non-hydrogen) atoms. The van der Waals surface area contributed by atoms with E-state index < -0.39 is 0 Å². The van der Waals surface area contributed by atoms with Gasteiger partial charge in [-0.3, -0.25) is 5.10 Å². The van der Waals surface area contributed by atoms with Crippen LogP contribution in [-0.4, -0.2) is 29.2 Å². The van der Waals surface area contributed by atoms with Crippen LogP contribution >= 0.6 is 0 Å². The molecule has 0 saturated carbocycles. The maximum atomic E-state index is 4.42. The lowest BCUT2D eigenvalue weighted by atomic mass is 10.0. The van der Waals surface area contributed by atoms with E-state index in [2.05, 4.69) is 43.0 Å². The number of nitrogens with one attached hydrogen (secondary N) is 1. The summed E-state index contributed by atoms with van der Waals surface area (Å²) in [5.74, 6) is 0.538. The molecule has 1 heterocycles. The van der Waals surface area contributed by atoms with E-state index in [1.165, 1.54) is 29.8 Å². The molecule has 3 nitrogen and oxygen atoms in total. The predicted octanol–water partition coefficient (Wildman–Crippen LogP) is 2.08. The summed E-state index contributed by atoms with van der Waals surface area (Å²) < 4.78 is 0. The molecule has 78 valence electrons. The highest BCUT2D eigenvalue weighted by atomic mass is 15.2. The van der Waals surface area contributed by atoms with Gasteiger partial charge in [0.05, 0.1) is 17.4 Å². The van der Waals surface area contributed by atoms with Gasteiger partial charge >= 0.3 is 0 Å². The molecule has 0 aromatic carbocycles. The summed E-state index contributed by atoms with van der Waals surface area (Å²) >= 11 is 0. The summed E-state index contributed by atoms with van der Waals surface area (Å²) in [7, 11) is 4.27. The summed E-state index contributed by atoms with van der Waals surface area (Å²) in [6.45, 7) is 4.42. The molecule has 1 aliphatic rings. The molecule has 1 aromatic rings. The molecule has 0 saturated heterocycles. The Labute approximate surface area is 85.5 Å². The predicted molar refractivity (Wildman–Crippen MR) is 57.4 cm³/mol. The maximum Gasteiger partial charge on any atom is 0.0682 e. The Bertz CT molecular complexity index is 325. The summed E-state index contributed by atoms with van der Waals surface area (Å²) in [6.07, 6.45) is 2.42. The molecule has 1 aliphatic carbocycles. The van der Waals surface area contributed by atoms with Gasteiger partial charge in [0, 0.05) is 0 Å². The van der Waals surface area contributed by atoms with Crippen molar-refractivity contribution < 1.29 is 0 Å². The fourth-order valence-electron chi connectivity index (χ4n) is 2.35. The lowest BCUT2D eigenvalue weighted by Crippen LogP contribution is -2.17. The van der Waals surface area contributed by atoms with Gasteiger partial charge in [-0.15, -0.1) is 0 Å². The molecular formula is C11H19N3. The van der Waals surface area contributed by atoms with E-state index in [4.69, 9.17) is 0 Å². The fraction of sp³-hybridized carbons (Fsp3) is 0.727. The average Bonchev–Trinajstić information content (AvgIpc) is 2.59. The van der Waals surface area contributed by atoms with Crippen molar-refractivity contribution >= 4 is 0 Å². The van der Waals surface area contributed by atoms with Crippen LogP contribution in [-0.2, 0) is 6.42 Å². The van der Waals surface area contributed by atoms with Crippen LogP contribution in [0.5, 0.6) is 0 Å². The van der Waals surface area contributed by atoms with E-state index in [9.17, 15) is 0 Å². The van der Waals surface area contributed by atoms with Crippen LogP contribution in [0, 0.1) is 0 Å². The quantitative estimate of drug-likeness (QED) is 0.780. The van der Waals surface area contributed by atoms with Crippen LogP contribution in [0.1, 0.15) is 49.2 Å². The summed E-state index contributed by atoms with van der Waals surface area (Å²) in [5, 5.41) is 7.63. The van der Waals surface area contributed by atoms with Crippen molar-refractivity contribution in [1.29, 1.82) is 0 Å². The number of hydrogen-bond donors (Lipinski definition) is 1. The van der Waals surface area contributed by atoms with Crippen molar-refractivity contribution in [1.82, 2.24) is 15.1 Å². The SMILES string of the molecule is CC(C)c1n[nH]c2c1CCC2N(C)C. The standard InChI is InChI=1S/C11H19N3/c1-7(2)10-8-5-6-9(14(3)4)11(8)13-12-10/h7,9H,5-6H2,1-4H3,(H,12,13). The van der Waals surface area contributed by atoms with Gasteiger partial charge in [0.1, 0.15) is 0 Å². The van der Waals surface area contributed by atoms with Crippen LogP contribution < -0.4 is 0 Å². The van der Waals surface area contributed by atoms with Crippen molar-refractivity contribution in [2.75, 3.05) is 14.1 Å². The fourth-order valence-corrected chi connectivity index (χ4v) is 2.35. The number of hydrogen-bond acceptors (Lipinski definition) is 2. The Kier molecular flexibility index (Phi) is 2.35. The largest absolute Gasteiger partial charge is 0.301 e. The van der Waals surface area contributed by atoms with Crippen LogP contribution in [0.3, 0.4) is 0 Å². The number of H-pyrrole nitrogens is 1. The molecule has 0 amide bonds. The minimum atomic E-state index is 0.538. The van der Waals surface area contributed by atoms with Crippen molar-refractivity contribution in [3.8, 4) is 0 Å². The minimum Gasteiger partial charge on any atom is -0.301 e. The Morgan fingerprint density at radius 2 is 2.14 bits per heavy atom. The molecule has 0 aliphatic heterocycles. The molecule has 0 bridgehead atoms. The van der Waals surface area contributed by atoms with Crippen LogP contribution in [0.4, 0.5) is 0 Å². The number of aromatic nitrogens is 2. The van der Waals surface area contributed by atoms with Gasteiger partial charge in [0.15, 0.2) is 0 Å². The molecule has 0 spiro atoms. The van der Waals surface area contributed by atoms with E-state index in [-0.39, 0.29) is 0 Å². The van der Waals surface area contributed by atoms with Gasteiger partial charge in [0.2, 0.25) is 0 Å². The second-order valence-electron chi connectivity index (χ2n) is 4.67. The van der Waals surface area contributed by atoms with Gasteiger partial charge in [-0.2, -0.15) is 5.10 Å². The van der Waals surface area contributed by atoms with E-state index in [1.54, 1.807) is 0 Å². The number of nitrogens with zero attached hydrogens (tertiary/aromatic N) is 2. The third kappa shape index (κ3) is 1.36. The van der Waals surface area contributed by atoms with E-state index >= 15 is 0 Å². The number of rotatable bonds is 2. The Morgan fingerprint density at radius 3 is 2.71 bits per heavy atom. The van der Waals surface area contributed by atoms with Crippen molar-refractivity contribution in [3.63, 3.8) is 0 Å². The average molecular weight is 193 g/mol. The van der Waals surface area contributed by atoms with Crippen molar-refractivity contribution in [2.24, 2.45) is 0 Å². The first kappa shape index (κ1) is 9.71. The van der Waals surface area contributed by atoms with E-state index in [1.807, 2.05) is 0 Å². The third-order valence-corrected chi connectivity index (χ3v) is 3.10. The molecule has 0 fully saturated rings. The summed E-state index contributed by atoms with van der Waals surface area (Å²) in [6, 6.07) is 0.546. The lowest BCUT2D eigenvalue weighted by molar-refractivity contribution is 0.293. The van der Waals surface area contributed by atoms with E-state index in [0.29, 0.717) is 12.0 Å².